The lowest BCUT2D eigenvalue weighted by Gasteiger charge is -2.25. The van der Waals surface area contributed by atoms with Gasteiger partial charge in [0.05, 0.1) is 12.2 Å². The summed E-state index contributed by atoms with van der Waals surface area (Å²) in [4.78, 5) is 32.5. The lowest BCUT2D eigenvalue weighted by atomic mass is 10.1. The zero-order chi connectivity index (χ0) is 14.1. The van der Waals surface area contributed by atoms with Crippen molar-refractivity contribution in [1.82, 2.24) is 14.8 Å². The Balaban J connectivity index is 1.81. The second kappa shape index (κ2) is 5.23. The molecule has 1 aromatic heterocycles. The van der Waals surface area contributed by atoms with Gasteiger partial charge < -0.3 is 9.80 Å². The number of pyridine rings is 1. The minimum atomic E-state index is -0.242. The van der Waals surface area contributed by atoms with Gasteiger partial charge in [-0.3, -0.25) is 14.6 Å². The van der Waals surface area contributed by atoms with Gasteiger partial charge in [-0.2, -0.15) is 0 Å². The summed E-state index contributed by atoms with van der Waals surface area (Å²) in [6, 6.07) is 3.65. The Morgan fingerprint density at radius 1 is 1.35 bits per heavy atom. The first-order valence-corrected chi connectivity index (χ1v) is 7.15. The van der Waals surface area contributed by atoms with Gasteiger partial charge in [0.15, 0.2) is 0 Å². The largest absolute Gasteiger partial charge is 0.334 e. The van der Waals surface area contributed by atoms with Gasteiger partial charge in [-0.25, -0.2) is 0 Å². The third-order valence-electron chi connectivity index (χ3n) is 4.22. The van der Waals surface area contributed by atoms with Crippen LogP contribution in [0.2, 0.25) is 0 Å². The van der Waals surface area contributed by atoms with Gasteiger partial charge >= 0.3 is 0 Å². The fourth-order valence-electron chi connectivity index (χ4n) is 3.04. The fourth-order valence-corrected chi connectivity index (χ4v) is 3.04. The molecule has 1 atom stereocenters. The average molecular weight is 273 g/mol. The lowest BCUT2D eigenvalue weighted by Crippen LogP contribution is -2.43. The Hall–Kier alpha value is -1.91. The molecule has 1 aromatic rings. The molecule has 0 radical (unpaired) electrons. The summed E-state index contributed by atoms with van der Waals surface area (Å²) >= 11 is 0. The molecule has 106 valence electrons. The number of rotatable bonds is 2. The van der Waals surface area contributed by atoms with Gasteiger partial charge in [-0.1, -0.05) is 6.07 Å². The molecule has 3 rings (SSSR count). The Bertz CT molecular complexity index is 544. The van der Waals surface area contributed by atoms with E-state index in [-0.39, 0.29) is 17.9 Å². The van der Waals surface area contributed by atoms with E-state index in [1.54, 1.807) is 16.0 Å². The van der Waals surface area contributed by atoms with Crippen molar-refractivity contribution in [2.45, 2.75) is 38.8 Å². The minimum Gasteiger partial charge on any atom is -0.334 e. The highest BCUT2D eigenvalue weighted by molar-refractivity contribution is 5.90. The Labute approximate surface area is 118 Å². The highest BCUT2D eigenvalue weighted by Gasteiger charge is 2.39. The molecular formula is C15H19N3O2. The average Bonchev–Trinajstić information content (AvgIpc) is 2.90. The minimum absolute atomic E-state index is 0.0819. The Morgan fingerprint density at radius 2 is 2.20 bits per heavy atom. The predicted octanol–water partition coefficient (Wildman–Crippen LogP) is 1.11. The summed E-state index contributed by atoms with van der Waals surface area (Å²) in [5.74, 6) is 0.194. The molecule has 0 bridgehead atoms. The fraction of sp³-hybridized carbons (Fsp3) is 0.533. The van der Waals surface area contributed by atoms with Crippen LogP contribution in [-0.2, 0) is 16.1 Å². The van der Waals surface area contributed by atoms with Crippen molar-refractivity contribution in [2.75, 3.05) is 13.1 Å². The van der Waals surface area contributed by atoms with Crippen LogP contribution >= 0.6 is 0 Å². The lowest BCUT2D eigenvalue weighted by molar-refractivity contribution is -0.139. The van der Waals surface area contributed by atoms with E-state index >= 15 is 0 Å². The van der Waals surface area contributed by atoms with Crippen LogP contribution in [0.1, 0.15) is 30.5 Å². The van der Waals surface area contributed by atoms with E-state index in [0.29, 0.717) is 19.5 Å². The predicted molar refractivity (Wildman–Crippen MR) is 73.7 cm³/mol. The number of aryl methyl sites for hydroxylation is 1. The molecule has 0 aromatic carbocycles. The van der Waals surface area contributed by atoms with Crippen molar-refractivity contribution >= 4 is 11.8 Å². The normalized spacial score (nSPS) is 22.9. The first kappa shape index (κ1) is 13.1. The number of aromatic nitrogens is 1. The first-order valence-electron chi connectivity index (χ1n) is 7.15. The summed E-state index contributed by atoms with van der Waals surface area (Å²) in [7, 11) is 0. The van der Waals surface area contributed by atoms with Crippen molar-refractivity contribution in [3.63, 3.8) is 0 Å². The van der Waals surface area contributed by atoms with E-state index in [2.05, 4.69) is 4.98 Å². The highest BCUT2D eigenvalue weighted by Crippen LogP contribution is 2.24. The molecule has 0 saturated carbocycles. The smallest absolute Gasteiger partial charge is 0.245 e. The van der Waals surface area contributed by atoms with Crippen LogP contribution in [0.4, 0.5) is 0 Å². The topological polar surface area (TPSA) is 53.5 Å². The van der Waals surface area contributed by atoms with Crippen LogP contribution in [0.3, 0.4) is 0 Å². The molecular weight excluding hydrogens is 254 g/mol. The van der Waals surface area contributed by atoms with Crippen LogP contribution in [0.25, 0.3) is 0 Å². The molecule has 3 heterocycles. The summed E-state index contributed by atoms with van der Waals surface area (Å²) in [5.41, 5.74) is 2.00. The molecule has 2 aliphatic rings. The van der Waals surface area contributed by atoms with Crippen molar-refractivity contribution in [2.24, 2.45) is 0 Å². The highest BCUT2D eigenvalue weighted by atomic mass is 16.2. The van der Waals surface area contributed by atoms with Crippen LogP contribution in [0.15, 0.2) is 18.3 Å². The zero-order valence-electron chi connectivity index (χ0n) is 11.7. The van der Waals surface area contributed by atoms with Crippen molar-refractivity contribution in [3.8, 4) is 0 Å². The van der Waals surface area contributed by atoms with Gasteiger partial charge in [0.25, 0.3) is 0 Å². The number of carbonyl (C=O) groups excluding carboxylic acids is 2. The number of carbonyl (C=O) groups is 2. The SMILES string of the molecule is Cc1cccnc1CN1CCC(=O)N2CCCC2C1=O. The molecule has 20 heavy (non-hydrogen) atoms. The molecule has 0 N–H and O–H groups in total. The molecule has 0 aliphatic carbocycles. The third kappa shape index (κ3) is 2.28. The molecule has 2 fully saturated rings. The number of amides is 2. The molecule has 5 heteroatoms. The molecule has 5 nitrogen and oxygen atoms in total. The maximum Gasteiger partial charge on any atom is 0.245 e. The van der Waals surface area contributed by atoms with E-state index in [1.807, 2.05) is 19.1 Å². The first-order chi connectivity index (χ1) is 9.66. The summed E-state index contributed by atoms with van der Waals surface area (Å²) in [5, 5.41) is 0. The number of hydrogen-bond acceptors (Lipinski definition) is 3. The van der Waals surface area contributed by atoms with Gasteiger partial charge in [0.1, 0.15) is 6.04 Å². The van der Waals surface area contributed by atoms with Gasteiger partial charge in [0.2, 0.25) is 11.8 Å². The van der Waals surface area contributed by atoms with Gasteiger partial charge in [-0.05, 0) is 31.4 Å². The number of nitrogens with zero attached hydrogens (tertiary/aromatic N) is 3. The van der Waals surface area contributed by atoms with Gasteiger partial charge in [0, 0.05) is 25.7 Å². The third-order valence-corrected chi connectivity index (χ3v) is 4.22. The van der Waals surface area contributed by atoms with E-state index in [1.165, 1.54) is 0 Å². The Kier molecular flexibility index (Phi) is 3.42. The summed E-state index contributed by atoms with van der Waals surface area (Å²) in [6.07, 6.45) is 3.90. The van der Waals surface area contributed by atoms with Crippen molar-refractivity contribution < 1.29 is 9.59 Å². The van der Waals surface area contributed by atoms with Crippen LogP contribution in [-0.4, -0.2) is 45.7 Å². The van der Waals surface area contributed by atoms with Crippen molar-refractivity contribution in [1.29, 1.82) is 0 Å². The van der Waals surface area contributed by atoms with E-state index in [4.69, 9.17) is 0 Å². The number of fused-ring (bicyclic) bond motifs is 1. The molecule has 2 saturated heterocycles. The standard InChI is InChI=1S/C15H19N3O2/c1-11-4-2-7-16-12(11)10-17-9-6-14(19)18-8-3-5-13(18)15(17)20/h2,4,7,13H,3,5-6,8-10H2,1H3. The maximum absolute atomic E-state index is 12.6. The zero-order valence-corrected chi connectivity index (χ0v) is 11.7. The molecule has 1 unspecified atom stereocenters. The summed E-state index contributed by atoms with van der Waals surface area (Å²) in [6.45, 7) is 3.73. The second-order valence-electron chi connectivity index (χ2n) is 5.52. The quantitative estimate of drug-likeness (QED) is 0.811. The van der Waals surface area contributed by atoms with Gasteiger partial charge in [-0.15, -0.1) is 0 Å². The van der Waals surface area contributed by atoms with E-state index in [9.17, 15) is 9.59 Å². The van der Waals surface area contributed by atoms with Crippen LogP contribution in [0.5, 0.6) is 0 Å². The monoisotopic (exact) mass is 273 g/mol. The van der Waals surface area contributed by atoms with E-state index < -0.39 is 0 Å². The van der Waals surface area contributed by atoms with E-state index in [0.717, 1.165) is 30.6 Å². The maximum atomic E-state index is 12.6. The second-order valence-corrected chi connectivity index (χ2v) is 5.52. The van der Waals surface area contributed by atoms with Crippen LogP contribution in [0, 0.1) is 6.92 Å². The molecule has 0 spiro atoms. The van der Waals surface area contributed by atoms with Crippen LogP contribution < -0.4 is 0 Å². The Morgan fingerprint density at radius 3 is 3.00 bits per heavy atom. The summed E-state index contributed by atoms with van der Waals surface area (Å²) < 4.78 is 0. The molecule has 2 aliphatic heterocycles. The number of hydrogen-bond donors (Lipinski definition) is 0. The molecule has 2 amide bonds. The van der Waals surface area contributed by atoms with Crippen molar-refractivity contribution in [3.05, 3.63) is 29.6 Å².